The van der Waals surface area contributed by atoms with Gasteiger partial charge in [0.25, 0.3) is 0 Å². The second-order valence-corrected chi connectivity index (χ2v) is 12.0. The lowest BCUT2D eigenvalue weighted by Gasteiger charge is -2.28. The van der Waals surface area contributed by atoms with Crippen LogP contribution in [0.4, 0.5) is 18.9 Å². The molecule has 0 unspecified atom stereocenters. The summed E-state index contributed by atoms with van der Waals surface area (Å²) >= 11 is 1.94. The number of nitrogens with zero attached hydrogens (tertiary/aromatic N) is 3. The van der Waals surface area contributed by atoms with E-state index >= 15 is 0 Å². The van der Waals surface area contributed by atoms with Crippen LogP contribution in [0.3, 0.4) is 0 Å². The van der Waals surface area contributed by atoms with E-state index in [1.54, 1.807) is 0 Å². The summed E-state index contributed by atoms with van der Waals surface area (Å²) in [6.07, 6.45) is 4.15. The Morgan fingerprint density at radius 1 is 1.13 bits per heavy atom. The first-order valence-electron chi connectivity index (χ1n) is 13.2. The standard InChI is InChI=1S/C17H19F3N2OS.C11H16N2O/c1-16(2,17(18,19)20)15-21-14(11-23-15)12-3-5-13(6-4-12)22-7-9-24-10-8-22;12-8-11(6-7-11)13-10(14)9-4-2-1-3-5-9/h3-6,11H,7-10H2,1-2H3;9H,1-7H2,(H,13,14). The Labute approximate surface area is 226 Å². The van der Waals surface area contributed by atoms with Gasteiger partial charge in [-0.1, -0.05) is 31.4 Å². The highest BCUT2D eigenvalue weighted by Gasteiger charge is 2.52. The van der Waals surface area contributed by atoms with Crippen molar-refractivity contribution in [2.75, 3.05) is 29.5 Å². The molecule has 3 fully saturated rings. The number of amides is 1. The van der Waals surface area contributed by atoms with E-state index in [4.69, 9.17) is 9.68 Å². The minimum absolute atomic E-state index is 0.115. The van der Waals surface area contributed by atoms with Crippen LogP contribution in [0.2, 0.25) is 0 Å². The summed E-state index contributed by atoms with van der Waals surface area (Å²) in [5, 5.41) is 11.7. The number of anilines is 1. The maximum atomic E-state index is 13.1. The number of hydrogen-bond acceptors (Lipinski definition) is 6. The Kier molecular flexibility index (Phi) is 8.65. The van der Waals surface area contributed by atoms with E-state index in [0.717, 1.165) is 88.2 Å². The molecule has 2 aromatic rings. The molecule has 1 aromatic heterocycles. The Morgan fingerprint density at radius 2 is 1.76 bits per heavy atom. The molecular weight excluding hydrogens is 513 g/mol. The predicted molar refractivity (Wildman–Crippen MR) is 143 cm³/mol. The zero-order chi connectivity index (χ0) is 27.4. The van der Waals surface area contributed by atoms with Crippen molar-refractivity contribution in [3.63, 3.8) is 0 Å². The number of oxazole rings is 1. The van der Waals surface area contributed by atoms with Crippen molar-refractivity contribution in [3.8, 4) is 17.3 Å². The molecular formula is C28H35F3N4O2S. The van der Waals surface area contributed by atoms with Crippen LogP contribution < -0.4 is 10.2 Å². The number of alkyl halides is 3. The van der Waals surface area contributed by atoms with Crippen LogP contribution in [0.15, 0.2) is 34.9 Å². The molecule has 0 radical (unpaired) electrons. The van der Waals surface area contributed by atoms with Gasteiger partial charge in [-0.3, -0.25) is 4.79 Å². The van der Waals surface area contributed by atoms with E-state index in [9.17, 15) is 18.0 Å². The third-order valence-corrected chi connectivity index (χ3v) is 8.53. The average molecular weight is 549 g/mol. The van der Waals surface area contributed by atoms with Gasteiger partial charge in [0.1, 0.15) is 22.9 Å². The topological polar surface area (TPSA) is 82.2 Å². The maximum Gasteiger partial charge on any atom is 0.402 e. The fourth-order valence-electron chi connectivity index (χ4n) is 4.57. The van der Waals surface area contributed by atoms with Gasteiger partial charge in [0.2, 0.25) is 11.8 Å². The Morgan fingerprint density at radius 3 is 2.32 bits per heavy atom. The van der Waals surface area contributed by atoms with Crippen LogP contribution in [0.5, 0.6) is 0 Å². The predicted octanol–water partition coefficient (Wildman–Crippen LogP) is 6.47. The molecule has 2 heterocycles. The minimum atomic E-state index is -4.41. The van der Waals surface area contributed by atoms with Gasteiger partial charge in [-0.25, -0.2) is 4.98 Å². The third kappa shape index (κ3) is 6.66. The second kappa shape index (κ2) is 11.6. The van der Waals surface area contributed by atoms with Gasteiger partial charge in [0.15, 0.2) is 0 Å². The fourth-order valence-corrected chi connectivity index (χ4v) is 5.47. The smallest absolute Gasteiger partial charge is 0.402 e. The molecule has 38 heavy (non-hydrogen) atoms. The van der Waals surface area contributed by atoms with Gasteiger partial charge in [0.05, 0.1) is 6.07 Å². The van der Waals surface area contributed by atoms with Gasteiger partial charge in [-0.2, -0.15) is 30.2 Å². The van der Waals surface area contributed by atoms with Crippen molar-refractivity contribution < 1.29 is 22.4 Å². The maximum absolute atomic E-state index is 13.1. The highest BCUT2D eigenvalue weighted by atomic mass is 32.2. The van der Waals surface area contributed by atoms with E-state index < -0.39 is 17.1 Å². The molecule has 2 aliphatic carbocycles. The van der Waals surface area contributed by atoms with E-state index in [0.29, 0.717) is 5.69 Å². The normalized spacial score (nSPS) is 19.6. The van der Waals surface area contributed by atoms with Crippen LogP contribution in [0.1, 0.15) is 64.7 Å². The van der Waals surface area contributed by atoms with Crippen molar-refractivity contribution in [1.82, 2.24) is 10.3 Å². The molecule has 206 valence electrons. The molecule has 0 atom stereocenters. The monoisotopic (exact) mass is 548 g/mol. The van der Waals surface area contributed by atoms with Crippen LogP contribution in [-0.4, -0.2) is 47.2 Å². The Hall–Kier alpha value is -2.67. The number of aromatic nitrogens is 1. The van der Waals surface area contributed by atoms with E-state index in [2.05, 4.69) is 21.3 Å². The fraction of sp³-hybridized carbons (Fsp3) is 0.607. The lowest BCUT2D eigenvalue weighted by atomic mass is 9.88. The first-order chi connectivity index (χ1) is 18.0. The lowest BCUT2D eigenvalue weighted by Crippen LogP contribution is -2.40. The number of nitriles is 1. The average Bonchev–Trinajstić information content (AvgIpc) is 3.51. The number of carbonyl (C=O) groups is 1. The summed E-state index contributed by atoms with van der Waals surface area (Å²) in [5.41, 5.74) is -0.301. The van der Waals surface area contributed by atoms with Gasteiger partial charge >= 0.3 is 6.18 Å². The molecule has 3 aliphatic rings. The van der Waals surface area contributed by atoms with Gasteiger partial charge < -0.3 is 14.6 Å². The molecule has 0 spiro atoms. The SMILES string of the molecule is CC(C)(c1nc(-c2ccc(N3CCSCC3)cc2)co1)C(F)(F)F.N#CC1(NC(=O)C2CCCCC2)CC1. The summed E-state index contributed by atoms with van der Waals surface area (Å²) in [6.45, 7) is 4.16. The highest BCUT2D eigenvalue weighted by molar-refractivity contribution is 7.99. The molecule has 10 heteroatoms. The molecule has 1 N–H and O–H groups in total. The lowest BCUT2D eigenvalue weighted by molar-refractivity contribution is -0.185. The molecule has 1 saturated heterocycles. The zero-order valence-corrected chi connectivity index (χ0v) is 22.8. The summed E-state index contributed by atoms with van der Waals surface area (Å²) in [5.74, 6) is 2.20. The van der Waals surface area contributed by atoms with E-state index in [-0.39, 0.29) is 17.7 Å². The molecule has 1 aromatic carbocycles. The number of halogens is 3. The first-order valence-corrected chi connectivity index (χ1v) is 14.4. The Balaban J connectivity index is 0.000000204. The number of rotatable bonds is 5. The van der Waals surface area contributed by atoms with Crippen molar-refractivity contribution in [2.24, 2.45) is 5.92 Å². The molecule has 5 rings (SSSR count). The molecule has 2 saturated carbocycles. The number of nitrogens with one attached hydrogen (secondary N) is 1. The van der Waals surface area contributed by atoms with Gasteiger partial charge in [0, 0.05) is 41.8 Å². The minimum Gasteiger partial charge on any atom is -0.447 e. The third-order valence-electron chi connectivity index (χ3n) is 7.59. The number of benzene rings is 1. The van der Waals surface area contributed by atoms with Crippen LogP contribution >= 0.6 is 11.8 Å². The Bertz CT molecular complexity index is 1120. The zero-order valence-electron chi connectivity index (χ0n) is 21.9. The molecule has 1 amide bonds. The van der Waals surface area contributed by atoms with Crippen LogP contribution in [-0.2, 0) is 10.2 Å². The van der Waals surface area contributed by atoms with Crippen LogP contribution in [0, 0.1) is 17.2 Å². The van der Waals surface area contributed by atoms with Gasteiger partial charge in [-0.05, 0) is 51.7 Å². The first kappa shape index (κ1) is 28.3. The molecule has 1 aliphatic heterocycles. The van der Waals surface area contributed by atoms with Crippen molar-refractivity contribution >= 4 is 23.4 Å². The van der Waals surface area contributed by atoms with E-state index in [1.807, 2.05) is 36.0 Å². The summed E-state index contributed by atoms with van der Waals surface area (Å²) in [4.78, 5) is 18.1. The summed E-state index contributed by atoms with van der Waals surface area (Å²) < 4.78 is 44.4. The molecule has 6 nitrogen and oxygen atoms in total. The highest BCUT2D eigenvalue weighted by Crippen LogP contribution is 2.40. The quantitative estimate of drug-likeness (QED) is 0.461. The summed E-state index contributed by atoms with van der Waals surface area (Å²) in [7, 11) is 0. The summed E-state index contributed by atoms with van der Waals surface area (Å²) in [6, 6.07) is 9.90. The van der Waals surface area contributed by atoms with Crippen molar-refractivity contribution in [1.29, 1.82) is 5.26 Å². The van der Waals surface area contributed by atoms with Gasteiger partial charge in [-0.15, -0.1) is 0 Å². The number of hydrogen-bond donors (Lipinski definition) is 1. The largest absolute Gasteiger partial charge is 0.447 e. The van der Waals surface area contributed by atoms with E-state index in [1.165, 1.54) is 12.7 Å². The number of carbonyl (C=O) groups excluding carboxylic acids is 1. The van der Waals surface area contributed by atoms with Crippen molar-refractivity contribution in [2.45, 2.75) is 75.9 Å². The second-order valence-electron chi connectivity index (χ2n) is 10.8. The van der Waals surface area contributed by atoms with Crippen molar-refractivity contribution in [3.05, 3.63) is 36.4 Å². The van der Waals surface area contributed by atoms with Crippen LogP contribution in [0.25, 0.3) is 11.3 Å². The number of thioether (sulfide) groups is 1. The molecule has 0 bridgehead atoms.